The molecule has 21 heavy (non-hydrogen) atoms. The van der Waals surface area contributed by atoms with Crippen molar-refractivity contribution in [2.75, 3.05) is 7.11 Å². The van der Waals surface area contributed by atoms with E-state index >= 15 is 0 Å². The van der Waals surface area contributed by atoms with E-state index < -0.39 is 15.8 Å². The molecular formula is C14H13FN2O3S. The molecule has 0 radical (unpaired) electrons. The molecule has 0 aliphatic heterocycles. The molecule has 110 valence electrons. The van der Waals surface area contributed by atoms with Gasteiger partial charge in [0.25, 0.3) is 0 Å². The highest BCUT2D eigenvalue weighted by Gasteiger charge is 2.06. The Labute approximate surface area is 121 Å². The van der Waals surface area contributed by atoms with Gasteiger partial charge in [-0.1, -0.05) is 0 Å². The predicted molar refractivity (Wildman–Crippen MR) is 78.0 cm³/mol. The van der Waals surface area contributed by atoms with Crippen molar-refractivity contribution in [2.24, 2.45) is 10.1 Å². The van der Waals surface area contributed by atoms with Crippen LogP contribution in [-0.2, 0) is 10.0 Å². The Morgan fingerprint density at radius 1 is 1.19 bits per heavy atom. The van der Waals surface area contributed by atoms with E-state index in [2.05, 4.69) is 4.99 Å². The summed E-state index contributed by atoms with van der Waals surface area (Å²) in [5.41, 5.74) is 1.09. The van der Waals surface area contributed by atoms with Crippen LogP contribution in [0.4, 0.5) is 10.1 Å². The molecule has 2 N–H and O–H groups in total. The predicted octanol–water partition coefficient (Wildman–Crippen LogP) is 2.23. The van der Waals surface area contributed by atoms with Gasteiger partial charge in [-0.2, -0.15) is 0 Å². The van der Waals surface area contributed by atoms with Gasteiger partial charge >= 0.3 is 0 Å². The van der Waals surface area contributed by atoms with Crippen molar-refractivity contribution in [3.05, 3.63) is 53.8 Å². The smallest absolute Gasteiger partial charge is 0.238 e. The summed E-state index contributed by atoms with van der Waals surface area (Å²) in [4.78, 5) is 4.14. The van der Waals surface area contributed by atoms with E-state index in [1.807, 2.05) is 0 Å². The lowest BCUT2D eigenvalue weighted by Crippen LogP contribution is -2.11. The number of benzene rings is 2. The van der Waals surface area contributed by atoms with Crippen LogP contribution in [-0.4, -0.2) is 21.7 Å². The van der Waals surface area contributed by atoms with Crippen LogP contribution in [0, 0.1) is 5.82 Å². The highest BCUT2D eigenvalue weighted by Crippen LogP contribution is 2.18. The van der Waals surface area contributed by atoms with Crippen molar-refractivity contribution in [3.8, 4) is 5.75 Å². The van der Waals surface area contributed by atoms with E-state index in [0.717, 1.165) is 0 Å². The average molecular weight is 308 g/mol. The molecule has 0 unspecified atom stereocenters. The first-order chi connectivity index (χ1) is 9.90. The minimum atomic E-state index is -3.72. The van der Waals surface area contributed by atoms with Crippen molar-refractivity contribution in [3.63, 3.8) is 0 Å². The van der Waals surface area contributed by atoms with Crippen molar-refractivity contribution >= 4 is 21.9 Å². The second kappa shape index (κ2) is 6.02. The summed E-state index contributed by atoms with van der Waals surface area (Å²) in [5.74, 6) is -0.323. The molecule has 0 amide bonds. The second-order valence-electron chi connectivity index (χ2n) is 4.19. The molecular weight excluding hydrogens is 295 g/mol. The van der Waals surface area contributed by atoms with Gasteiger partial charge in [-0.3, -0.25) is 4.99 Å². The Kier molecular flexibility index (Phi) is 4.35. The van der Waals surface area contributed by atoms with E-state index in [0.29, 0.717) is 11.3 Å². The molecule has 2 aromatic carbocycles. The fourth-order valence-corrected chi connectivity index (χ4v) is 2.15. The molecule has 2 aromatic rings. The SMILES string of the molecule is COc1ccc(/C=N/c2ccc(S(N)(=O)=O)cc2)cc1F. The third-order valence-corrected chi connectivity index (χ3v) is 3.63. The first-order valence-corrected chi connectivity index (χ1v) is 7.45. The van der Waals surface area contributed by atoms with E-state index in [4.69, 9.17) is 9.88 Å². The molecule has 0 saturated carbocycles. The summed E-state index contributed by atoms with van der Waals surface area (Å²) < 4.78 is 40.5. The van der Waals surface area contributed by atoms with Crippen LogP contribution in [0.15, 0.2) is 52.4 Å². The summed E-state index contributed by atoms with van der Waals surface area (Å²) in [6.45, 7) is 0. The van der Waals surface area contributed by atoms with Gasteiger partial charge in [0.1, 0.15) is 0 Å². The third-order valence-electron chi connectivity index (χ3n) is 2.70. The summed E-state index contributed by atoms with van der Waals surface area (Å²) in [6.07, 6.45) is 1.47. The molecule has 0 aliphatic carbocycles. The molecule has 0 bridgehead atoms. The molecule has 0 atom stereocenters. The summed E-state index contributed by atoms with van der Waals surface area (Å²) in [7, 11) is -2.33. The molecule has 0 fully saturated rings. The lowest BCUT2D eigenvalue weighted by Gasteiger charge is -2.02. The number of nitrogens with two attached hydrogens (primary N) is 1. The van der Waals surface area contributed by atoms with Crippen molar-refractivity contribution < 1.29 is 17.5 Å². The lowest BCUT2D eigenvalue weighted by molar-refractivity contribution is 0.386. The molecule has 5 nitrogen and oxygen atoms in total. The van der Waals surface area contributed by atoms with E-state index in [1.54, 1.807) is 6.07 Å². The zero-order valence-electron chi connectivity index (χ0n) is 11.2. The number of hydrogen-bond donors (Lipinski definition) is 1. The van der Waals surface area contributed by atoms with Crippen LogP contribution < -0.4 is 9.88 Å². The van der Waals surface area contributed by atoms with Crippen LogP contribution in [0.2, 0.25) is 0 Å². The molecule has 0 heterocycles. The highest BCUT2D eigenvalue weighted by atomic mass is 32.2. The standard InChI is InChI=1S/C14H13FN2O3S/c1-20-14-7-2-10(8-13(14)15)9-17-11-3-5-12(6-4-11)21(16,18)19/h2-9H,1H3,(H2,16,18,19)/b17-9+. The molecule has 7 heteroatoms. The number of ether oxygens (including phenoxy) is 1. The van der Waals surface area contributed by atoms with Crippen LogP contribution >= 0.6 is 0 Å². The number of aliphatic imine (C=N–C) groups is 1. The number of sulfonamides is 1. The summed E-state index contributed by atoms with van der Waals surface area (Å²) in [6, 6.07) is 10.2. The summed E-state index contributed by atoms with van der Waals surface area (Å²) >= 11 is 0. The Bertz CT molecular complexity index is 771. The number of halogens is 1. The zero-order chi connectivity index (χ0) is 15.5. The van der Waals surface area contributed by atoms with Gasteiger partial charge in [-0.15, -0.1) is 0 Å². The fraction of sp³-hybridized carbons (Fsp3) is 0.0714. The van der Waals surface area contributed by atoms with Gasteiger partial charge in [-0.25, -0.2) is 17.9 Å². The first kappa shape index (κ1) is 15.1. The van der Waals surface area contributed by atoms with Gasteiger partial charge in [0.2, 0.25) is 10.0 Å². The Hall–Kier alpha value is -2.25. The van der Waals surface area contributed by atoms with Crippen molar-refractivity contribution in [2.45, 2.75) is 4.90 Å². The topological polar surface area (TPSA) is 81.8 Å². The van der Waals surface area contributed by atoms with Gasteiger partial charge in [-0.05, 0) is 48.0 Å². The molecule has 0 spiro atoms. The number of rotatable bonds is 4. The third kappa shape index (κ3) is 3.87. The Morgan fingerprint density at radius 2 is 1.86 bits per heavy atom. The van der Waals surface area contributed by atoms with Gasteiger partial charge < -0.3 is 4.74 Å². The minimum absolute atomic E-state index is 0.0111. The Morgan fingerprint density at radius 3 is 2.38 bits per heavy atom. The maximum Gasteiger partial charge on any atom is 0.238 e. The summed E-state index contributed by atoms with van der Waals surface area (Å²) in [5, 5.41) is 5.00. The van der Waals surface area contributed by atoms with E-state index in [1.165, 1.54) is 49.7 Å². The number of nitrogens with zero attached hydrogens (tertiary/aromatic N) is 1. The Balaban J connectivity index is 2.19. The van der Waals surface area contributed by atoms with Crippen LogP contribution in [0.3, 0.4) is 0 Å². The zero-order valence-corrected chi connectivity index (χ0v) is 12.0. The monoisotopic (exact) mass is 308 g/mol. The quantitative estimate of drug-likeness (QED) is 0.879. The number of primary sulfonamides is 1. The minimum Gasteiger partial charge on any atom is -0.494 e. The molecule has 0 aromatic heterocycles. The number of hydrogen-bond acceptors (Lipinski definition) is 4. The van der Waals surface area contributed by atoms with Gasteiger partial charge in [0.05, 0.1) is 17.7 Å². The van der Waals surface area contributed by atoms with E-state index in [9.17, 15) is 12.8 Å². The molecule has 0 aliphatic rings. The largest absolute Gasteiger partial charge is 0.494 e. The maximum atomic E-state index is 13.5. The van der Waals surface area contributed by atoms with Crippen LogP contribution in [0.25, 0.3) is 0 Å². The number of methoxy groups -OCH3 is 1. The normalized spacial score (nSPS) is 11.8. The second-order valence-corrected chi connectivity index (χ2v) is 5.75. The van der Waals surface area contributed by atoms with Crippen molar-refractivity contribution in [1.82, 2.24) is 0 Å². The van der Waals surface area contributed by atoms with Gasteiger partial charge in [0, 0.05) is 6.21 Å². The van der Waals surface area contributed by atoms with Crippen LogP contribution in [0.1, 0.15) is 5.56 Å². The lowest BCUT2D eigenvalue weighted by atomic mass is 10.2. The molecule has 0 saturated heterocycles. The highest BCUT2D eigenvalue weighted by molar-refractivity contribution is 7.89. The van der Waals surface area contributed by atoms with Crippen molar-refractivity contribution in [1.29, 1.82) is 0 Å². The van der Waals surface area contributed by atoms with Crippen LogP contribution in [0.5, 0.6) is 5.75 Å². The van der Waals surface area contributed by atoms with Gasteiger partial charge in [0.15, 0.2) is 11.6 Å². The first-order valence-electron chi connectivity index (χ1n) is 5.90. The molecule has 2 rings (SSSR count). The fourth-order valence-electron chi connectivity index (χ4n) is 1.63. The van der Waals surface area contributed by atoms with E-state index in [-0.39, 0.29) is 10.6 Å². The maximum absolute atomic E-state index is 13.5. The average Bonchev–Trinajstić information content (AvgIpc) is 2.45.